The molecule has 3 heteroatoms. The Morgan fingerprint density at radius 3 is 2.31 bits per heavy atom. The fourth-order valence-electron chi connectivity index (χ4n) is 1.26. The lowest BCUT2D eigenvalue weighted by Crippen LogP contribution is -2.08. The van der Waals surface area contributed by atoms with Crippen LogP contribution in [0.3, 0.4) is 0 Å². The number of hydrogen-bond acceptors (Lipinski definition) is 3. The quantitative estimate of drug-likeness (QED) is 0.440. The Balaban J connectivity index is 3.02. The van der Waals surface area contributed by atoms with Crippen molar-refractivity contribution in [1.82, 2.24) is 4.90 Å². The minimum Gasteiger partial charge on any atom is -0.382 e. The van der Waals surface area contributed by atoms with Crippen LogP contribution in [-0.2, 0) is 0 Å². The first-order valence-corrected chi connectivity index (χ1v) is 4.94. The van der Waals surface area contributed by atoms with Crippen LogP contribution >= 0.6 is 0 Å². The summed E-state index contributed by atoms with van der Waals surface area (Å²) in [6, 6.07) is 9.10. The van der Waals surface area contributed by atoms with Crippen molar-refractivity contribution >= 4 is 5.78 Å². The molecule has 0 aliphatic heterocycles. The van der Waals surface area contributed by atoms with Crippen molar-refractivity contribution in [2.45, 2.75) is 6.92 Å². The van der Waals surface area contributed by atoms with Crippen LogP contribution < -0.4 is 0 Å². The Morgan fingerprint density at radius 1 is 1.31 bits per heavy atom. The molecular weight excluding hydrogens is 200 g/mol. The van der Waals surface area contributed by atoms with E-state index in [1.807, 2.05) is 25.1 Å². The Bertz CT molecular complexity index is 450. The van der Waals surface area contributed by atoms with Gasteiger partial charge in [0.05, 0.1) is 0 Å². The predicted octanol–water partition coefficient (Wildman–Crippen LogP) is 2.15. The molecule has 0 atom stereocenters. The highest BCUT2D eigenvalue weighted by Gasteiger charge is 2.11. The fourth-order valence-corrected chi connectivity index (χ4v) is 1.26. The second-order valence-corrected chi connectivity index (χ2v) is 3.81. The third-order valence-electron chi connectivity index (χ3n) is 2.07. The number of rotatable bonds is 3. The van der Waals surface area contributed by atoms with E-state index in [0.717, 1.165) is 5.56 Å². The largest absolute Gasteiger partial charge is 0.382 e. The van der Waals surface area contributed by atoms with Crippen molar-refractivity contribution in [2.24, 2.45) is 0 Å². The zero-order valence-corrected chi connectivity index (χ0v) is 9.69. The summed E-state index contributed by atoms with van der Waals surface area (Å²) in [5, 5.41) is 8.90. The van der Waals surface area contributed by atoms with Gasteiger partial charge in [0, 0.05) is 25.9 Å². The number of benzene rings is 1. The highest BCUT2D eigenvalue weighted by atomic mass is 16.1. The average Bonchev–Trinajstić information content (AvgIpc) is 2.25. The van der Waals surface area contributed by atoms with Gasteiger partial charge in [0.15, 0.2) is 0 Å². The van der Waals surface area contributed by atoms with E-state index in [9.17, 15) is 4.79 Å². The number of aryl methyl sites for hydroxylation is 1. The van der Waals surface area contributed by atoms with Gasteiger partial charge in [-0.2, -0.15) is 5.26 Å². The summed E-state index contributed by atoms with van der Waals surface area (Å²) < 4.78 is 0. The Morgan fingerprint density at radius 2 is 1.88 bits per heavy atom. The smallest absolute Gasteiger partial charge is 0.205 e. The number of nitriles is 1. The zero-order valence-electron chi connectivity index (χ0n) is 9.69. The van der Waals surface area contributed by atoms with Gasteiger partial charge in [-0.15, -0.1) is 0 Å². The minimum atomic E-state index is -0.240. The summed E-state index contributed by atoms with van der Waals surface area (Å²) in [6.45, 7) is 1.95. The number of allylic oxidation sites excluding steroid dienone is 1. The third kappa shape index (κ3) is 2.96. The summed E-state index contributed by atoms with van der Waals surface area (Å²) >= 11 is 0. The van der Waals surface area contributed by atoms with E-state index in [4.69, 9.17) is 5.26 Å². The van der Waals surface area contributed by atoms with Gasteiger partial charge in [-0.05, 0) is 6.92 Å². The third-order valence-corrected chi connectivity index (χ3v) is 2.07. The Labute approximate surface area is 95.6 Å². The molecule has 1 aromatic rings. The van der Waals surface area contributed by atoms with E-state index in [0.29, 0.717) is 5.56 Å². The molecule has 0 aliphatic rings. The van der Waals surface area contributed by atoms with Crippen LogP contribution in [-0.4, -0.2) is 24.8 Å². The fraction of sp³-hybridized carbons (Fsp3) is 0.231. The molecule has 0 N–H and O–H groups in total. The minimum absolute atomic E-state index is 0.147. The summed E-state index contributed by atoms with van der Waals surface area (Å²) in [4.78, 5) is 13.6. The second kappa shape index (κ2) is 5.13. The summed E-state index contributed by atoms with van der Waals surface area (Å²) in [7, 11) is 3.56. The van der Waals surface area contributed by atoms with Crippen LogP contribution in [0, 0.1) is 18.3 Å². The first-order chi connectivity index (χ1) is 7.54. The van der Waals surface area contributed by atoms with Gasteiger partial charge in [-0.3, -0.25) is 4.79 Å². The van der Waals surface area contributed by atoms with E-state index < -0.39 is 0 Å². The molecule has 1 rings (SSSR count). The van der Waals surface area contributed by atoms with Crippen LogP contribution in [0.2, 0.25) is 0 Å². The second-order valence-electron chi connectivity index (χ2n) is 3.81. The van der Waals surface area contributed by atoms with Gasteiger partial charge in [0.2, 0.25) is 5.78 Å². The molecule has 1 aromatic carbocycles. The molecule has 0 aromatic heterocycles. The molecule has 0 amide bonds. The molecule has 0 aliphatic carbocycles. The van der Waals surface area contributed by atoms with Crippen molar-refractivity contribution in [2.75, 3.05) is 14.1 Å². The SMILES string of the molecule is Cc1ccc(C(=O)C(C#N)=CN(C)C)cc1. The van der Waals surface area contributed by atoms with E-state index in [1.165, 1.54) is 6.20 Å². The van der Waals surface area contributed by atoms with Crippen LogP contribution in [0.25, 0.3) is 0 Å². The van der Waals surface area contributed by atoms with E-state index in [1.54, 1.807) is 31.1 Å². The molecule has 0 saturated heterocycles. The molecule has 0 unspecified atom stereocenters. The molecule has 0 bridgehead atoms. The maximum absolute atomic E-state index is 11.9. The maximum Gasteiger partial charge on any atom is 0.205 e. The maximum atomic E-state index is 11.9. The molecule has 0 heterocycles. The Kier molecular flexibility index (Phi) is 3.84. The highest BCUT2D eigenvalue weighted by molar-refractivity contribution is 6.11. The molecule has 0 saturated carbocycles. The van der Waals surface area contributed by atoms with Gasteiger partial charge in [0.1, 0.15) is 11.6 Å². The number of Topliss-reactive ketones (excluding diaryl/α,β-unsaturated/α-hetero) is 1. The molecule has 0 radical (unpaired) electrons. The van der Waals surface area contributed by atoms with Gasteiger partial charge in [0.25, 0.3) is 0 Å². The number of nitrogens with zero attached hydrogens (tertiary/aromatic N) is 2. The van der Waals surface area contributed by atoms with Crippen molar-refractivity contribution in [3.05, 3.63) is 47.2 Å². The van der Waals surface area contributed by atoms with E-state index in [-0.39, 0.29) is 11.4 Å². The van der Waals surface area contributed by atoms with Crippen LogP contribution in [0.15, 0.2) is 36.0 Å². The van der Waals surface area contributed by atoms with E-state index in [2.05, 4.69) is 0 Å². The lowest BCUT2D eigenvalue weighted by molar-refractivity contribution is 0.103. The highest BCUT2D eigenvalue weighted by Crippen LogP contribution is 2.09. The molecule has 0 spiro atoms. The topological polar surface area (TPSA) is 44.1 Å². The molecule has 82 valence electrons. The van der Waals surface area contributed by atoms with Gasteiger partial charge < -0.3 is 4.90 Å². The van der Waals surface area contributed by atoms with Crippen LogP contribution in [0.4, 0.5) is 0 Å². The Hall–Kier alpha value is -2.08. The average molecular weight is 214 g/mol. The first-order valence-electron chi connectivity index (χ1n) is 4.94. The van der Waals surface area contributed by atoms with Crippen molar-refractivity contribution in [1.29, 1.82) is 5.26 Å². The van der Waals surface area contributed by atoms with E-state index >= 15 is 0 Å². The van der Waals surface area contributed by atoms with Crippen LogP contribution in [0.5, 0.6) is 0 Å². The zero-order chi connectivity index (χ0) is 12.1. The lowest BCUT2D eigenvalue weighted by atomic mass is 10.0. The summed E-state index contributed by atoms with van der Waals surface area (Å²) in [6.07, 6.45) is 1.53. The van der Waals surface area contributed by atoms with Crippen LogP contribution in [0.1, 0.15) is 15.9 Å². The number of carbonyl (C=O) groups is 1. The normalized spacial score (nSPS) is 10.8. The van der Waals surface area contributed by atoms with Crippen molar-refractivity contribution < 1.29 is 4.79 Å². The standard InChI is InChI=1S/C13H14N2O/c1-10-4-6-11(7-5-10)13(16)12(8-14)9-15(2)3/h4-7,9H,1-3H3. The monoisotopic (exact) mass is 214 g/mol. The van der Waals surface area contributed by atoms with Gasteiger partial charge in [-0.25, -0.2) is 0 Å². The lowest BCUT2D eigenvalue weighted by Gasteiger charge is -2.06. The molecule has 16 heavy (non-hydrogen) atoms. The summed E-state index contributed by atoms with van der Waals surface area (Å²) in [5.41, 5.74) is 1.78. The summed E-state index contributed by atoms with van der Waals surface area (Å²) in [5.74, 6) is -0.240. The van der Waals surface area contributed by atoms with Crippen molar-refractivity contribution in [3.63, 3.8) is 0 Å². The number of carbonyl (C=O) groups excluding carboxylic acids is 1. The first kappa shape index (κ1) is 12.0. The van der Waals surface area contributed by atoms with Crippen molar-refractivity contribution in [3.8, 4) is 6.07 Å². The molecule has 0 fully saturated rings. The predicted molar refractivity (Wildman–Crippen MR) is 62.9 cm³/mol. The number of hydrogen-bond donors (Lipinski definition) is 0. The molecular formula is C13H14N2O. The van der Waals surface area contributed by atoms with Gasteiger partial charge >= 0.3 is 0 Å². The van der Waals surface area contributed by atoms with Gasteiger partial charge in [-0.1, -0.05) is 29.8 Å². The number of ketones is 1. The molecule has 3 nitrogen and oxygen atoms in total.